The largest absolute Gasteiger partial charge is 0.285 e. The van der Waals surface area contributed by atoms with Crippen molar-refractivity contribution in [3.63, 3.8) is 0 Å². The van der Waals surface area contributed by atoms with E-state index in [1.807, 2.05) is 19.1 Å². The molecule has 1 aromatic carbocycles. The Balaban J connectivity index is 2.03. The first kappa shape index (κ1) is 9.91. The summed E-state index contributed by atoms with van der Waals surface area (Å²) in [5.74, 6) is 0.490. The molecule has 1 aliphatic heterocycles. The summed E-state index contributed by atoms with van der Waals surface area (Å²) < 4.78 is 0. The molecule has 0 N–H and O–H groups in total. The van der Waals surface area contributed by atoms with Crippen molar-refractivity contribution in [2.45, 2.75) is 13.3 Å². The molecular weight excluding hydrogens is 222 g/mol. The SMILES string of the molecule is C=C1C2CC2(C)C(=O)N1c1cccc(Cl)c1. The van der Waals surface area contributed by atoms with E-state index in [0.29, 0.717) is 10.9 Å². The third kappa shape index (κ3) is 1.11. The Kier molecular flexibility index (Phi) is 1.79. The van der Waals surface area contributed by atoms with Crippen molar-refractivity contribution in [1.82, 2.24) is 0 Å². The molecule has 0 radical (unpaired) electrons. The lowest BCUT2D eigenvalue weighted by Gasteiger charge is -2.21. The number of piperidine rings is 1. The molecule has 1 saturated heterocycles. The van der Waals surface area contributed by atoms with Gasteiger partial charge in [0.05, 0.1) is 11.1 Å². The van der Waals surface area contributed by atoms with Crippen molar-refractivity contribution in [2.24, 2.45) is 11.3 Å². The van der Waals surface area contributed by atoms with E-state index in [2.05, 4.69) is 6.58 Å². The summed E-state index contributed by atoms with van der Waals surface area (Å²) in [4.78, 5) is 13.9. The molecule has 1 saturated carbocycles. The number of hydrogen-bond acceptors (Lipinski definition) is 1. The number of hydrogen-bond donors (Lipinski definition) is 0. The van der Waals surface area contributed by atoms with Crippen LogP contribution in [0.15, 0.2) is 36.5 Å². The average molecular weight is 234 g/mol. The van der Waals surface area contributed by atoms with Crippen LogP contribution in [0.25, 0.3) is 0 Å². The van der Waals surface area contributed by atoms with Crippen molar-refractivity contribution in [1.29, 1.82) is 0 Å². The molecule has 0 aromatic heterocycles. The second kappa shape index (κ2) is 2.89. The van der Waals surface area contributed by atoms with Gasteiger partial charge in [0.15, 0.2) is 0 Å². The summed E-state index contributed by atoms with van der Waals surface area (Å²) in [6.45, 7) is 6.03. The third-order valence-electron chi connectivity index (χ3n) is 3.68. The number of halogens is 1. The number of fused-ring (bicyclic) bond motifs is 1. The van der Waals surface area contributed by atoms with Crippen LogP contribution in [0.2, 0.25) is 5.02 Å². The van der Waals surface area contributed by atoms with Crippen LogP contribution < -0.4 is 4.90 Å². The number of anilines is 1. The molecule has 2 aliphatic rings. The predicted octanol–water partition coefficient (Wildman–Crippen LogP) is 3.23. The second-order valence-electron chi connectivity index (χ2n) is 4.79. The lowest BCUT2D eigenvalue weighted by atomic mass is 10.1. The van der Waals surface area contributed by atoms with Gasteiger partial charge >= 0.3 is 0 Å². The van der Waals surface area contributed by atoms with Gasteiger partial charge in [0.2, 0.25) is 5.91 Å². The van der Waals surface area contributed by atoms with Gasteiger partial charge in [-0.3, -0.25) is 9.69 Å². The van der Waals surface area contributed by atoms with Gasteiger partial charge in [-0.2, -0.15) is 0 Å². The van der Waals surface area contributed by atoms with Crippen LogP contribution in [0, 0.1) is 11.3 Å². The Morgan fingerprint density at radius 2 is 2.31 bits per heavy atom. The molecule has 0 spiro atoms. The molecule has 1 aromatic rings. The molecule has 2 atom stereocenters. The molecular formula is C13H12ClNO. The molecule has 1 aliphatic carbocycles. The minimum absolute atomic E-state index is 0.157. The highest BCUT2D eigenvalue weighted by atomic mass is 35.5. The fraction of sp³-hybridized carbons (Fsp3) is 0.308. The van der Waals surface area contributed by atoms with E-state index >= 15 is 0 Å². The second-order valence-corrected chi connectivity index (χ2v) is 5.22. The maximum Gasteiger partial charge on any atom is 0.237 e. The van der Waals surface area contributed by atoms with Crippen molar-refractivity contribution in [3.8, 4) is 0 Å². The standard InChI is InChI=1S/C13H12ClNO/c1-8-11-7-13(11,2)12(16)15(8)10-5-3-4-9(14)6-10/h3-6,11H,1,7H2,2H3. The van der Waals surface area contributed by atoms with E-state index in [4.69, 9.17) is 11.6 Å². The zero-order chi connectivity index (χ0) is 11.5. The fourth-order valence-electron chi connectivity index (χ4n) is 2.53. The molecule has 2 unspecified atom stereocenters. The zero-order valence-corrected chi connectivity index (χ0v) is 9.79. The average Bonchev–Trinajstić information content (AvgIpc) is 2.87. The Labute approximate surface area is 99.5 Å². The topological polar surface area (TPSA) is 20.3 Å². The number of carbonyl (C=O) groups is 1. The fourth-order valence-corrected chi connectivity index (χ4v) is 2.71. The summed E-state index contributed by atoms with van der Waals surface area (Å²) >= 11 is 5.93. The number of nitrogens with zero attached hydrogens (tertiary/aromatic N) is 1. The first-order valence-electron chi connectivity index (χ1n) is 5.33. The normalized spacial score (nSPS) is 31.9. The maximum atomic E-state index is 12.2. The van der Waals surface area contributed by atoms with Crippen LogP contribution in [-0.2, 0) is 4.79 Å². The predicted molar refractivity (Wildman–Crippen MR) is 64.3 cm³/mol. The van der Waals surface area contributed by atoms with Crippen LogP contribution in [0.1, 0.15) is 13.3 Å². The monoisotopic (exact) mass is 233 g/mol. The van der Waals surface area contributed by atoms with Crippen molar-refractivity contribution >= 4 is 23.2 Å². The van der Waals surface area contributed by atoms with Gasteiger partial charge in [0.1, 0.15) is 0 Å². The van der Waals surface area contributed by atoms with Crippen molar-refractivity contribution in [2.75, 3.05) is 4.90 Å². The number of rotatable bonds is 1. The number of carbonyl (C=O) groups excluding carboxylic acids is 1. The van der Waals surface area contributed by atoms with Gasteiger partial charge in [-0.05, 0) is 24.6 Å². The van der Waals surface area contributed by atoms with Crippen LogP contribution in [0.3, 0.4) is 0 Å². The van der Waals surface area contributed by atoms with Crippen LogP contribution in [-0.4, -0.2) is 5.91 Å². The van der Waals surface area contributed by atoms with Gasteiger partial charge < -0.3 is 0 Å². The molecule has 16 heavy (non-hydrogen) atoms. The summed E-state index contributed by atoms with van der Waals surface area (Å²) in [5, 5.41) is 0.642. The lowest BCUT2D eigenvalue weighted by molar-refractivity contribution is -0.121. The molecule has 82 valence electrons. The van der Waals surface area contributed by atoms with E-state index < -0.39 is 0 Å². The highest BCUT2D eigenvalue weighted by Crippen LogP contribution is 2.63. The Hall–Kier alpha value is -1.28. The van der Waals surface area contributed by atoms with Crippen LogP contribution in [0.4, 0.5) is 5.69 Å². The highest BCUT2D eigenvalue weighted by Gasteiger charge is 2.65. The highest BCUT2D eigenvalue weighted by molar-refractivity contribution is 6.31. The zero-order valence-electron chi connectivity index (χ0n) is 9.03. The Bertz CT molecular complexity index is 510. The summed E-state index contributed by atoms with van der Waals surface area (Å²) in [6, 6.07) is 7.35. The van der Waals surface area contributed by atoms with E-state index in [0.717, 1.165) is 17.8 Å². The van der Waals surface area contributed by atoms with Gasteiger partial charge in [-0.15, -0.1) is 0 Å². The van der Waals surface area contributed by atoms with Gasteiger partial charge in [-0.1, -0.05) is 31.2 Å². The summed E-state index contributed by atoms with van der Waals surface area (Å²) in [5.41, 5.74) is 1.55. The molecule has 3 rings (SSSR count). The molecule has 3 heteroatoms. The molecule has 2 nitrogen and oxygen atoms in total. The molecule has 1 amide bonds. The van der Waals surface area contributed by atoms with E-state index in [1.54, 1.807) is 17.0 Å². The molecule has 1 heterocycles. The first-order valence-corrected chi connectivity index (χ1v) is 5.71. The van der Waals surface area contributed by atoms with Gasteiger partial charge in [0, 0.05) is 16.6 Å². The Morgan fingerprint density at radius 1 is 1.56 bits per heavy atom. The Morgan fingerprint density at radius 3 is 2.88 bits per heavy atom. The van der Waals surface area contributed by atoms with E-state index in [9.17, 15) is 4.79 Å². The van der Waals surface area contributed by atoms with E-state index in [1.165, 1.54) is 0 Å². The van der Waals surface area contributed by atoms with Gasteiger partial charge in [0.25, 0.3) is 0 Å². The smallest absolute Gasteiger partial charge is 0.237 e. The third-order valence-corrected chi connectivity index (χ3v) is 3.92. The lowest BCUT2D eigenvalue weighted by Crippen LogP contribution is -2.29. The van der Waals surface area contributed by atoms with Crippen molar-refractivity contribution < 1.29 is 4.79 Å². The van der Waals surface area contributed by atoms with Crippen LogP contribution in [0.5, 0.6) is 0 Å². The summed E-state index contributed by atoms with van der Waals surface area (Å²) in [6.07, 6.45) is 0.946. The number of allylic oxidation sites excluding steroid dienone is 1. The minimum atomic E-state index is -0.195. The van der Waals surface area contributed by atoms with Crippen molar-refractivity contribution in [3.05, 3.63) is 41.6 Å². The minimum Gasteiger partial charge on any atom is -0.285 e. The summed E-state index contributed by atoms with van der Waals surface area (Å²) in [7, 11) is 0. The van der Waals surface area contributed by atoms with Gasteiger partial charge in [-0.25, -0.2) is 0 Å². The number of benzene rings is 1. The first-order chi connectivity index (χ1) is 7.54. The number of amides is 1. The maximum absolute atomic E-state index is 12.2. The quantitative estimate of drug-likeness (QED) is 0.729. The van der Waals surface area contributed by atoms with E-state index in [-0.39, 0.29) is 11.3 Å². The molecule has 0 bridgehead atoms. The molecule has 2 fully saturated rings. The van der Waals surface area contributed by atoms with Crippen LogP contribution >= 0.6 is 11.6 Å².